The maximum atomic E-state index is 5.08. The van der Waals surface area contributed by atoms with Gasteiger partial charge in [-0.05, 0) is 19.0 Å². The van der Waals surface area contributed by atoms with Gasteiger partial charge in [0.15, 0.2) is 5.96 Å². The molecule has 0 fully saturated rings. The molecule has 1 aromatic rings. The molecule has 5 nitrogen and oxygen atoms in total. The van der Waals surface area contributed by atoms with Gasteiger partial charge in [0.25, 0.3) is 0 Å². The number of guanidine groups is 1. The van der Waals surface area contributed by atoms with Gasteiger partial charge < -0.3 is 20.3 Å². The molecule has 0 radical (unpaired) electrons. The lowest BCUT2D eigenvalue weighted by Gasteiger charge is -2.27. The highest BCUT2D eigenvalue weighted by atomic mass is 127. The van der Waals surface area contributed by atoms with Crippen LogP contribution in [0.4, 0.5) is 0 Å². The number of halogens is 1. The Hall–Kier alpha value is -0.860. The molecule has 0 aromatic heterocycles. The quantitative estimate of drug-likeness (QED) is 0.243. The van der Waals surface area contributed by atoms with Gasteiger partial charge >= 0.3 is 0 Å². The predicted molar refractivity (Wildman–Crippen MR) is 118 cm³/mol. The molecule has 0 aliphatic rings. The third-order valence-corrected chi connectivity index (χ3v) is 4.15. The van der Waals surface area contributed by atoms with Crippen LogP contribution in [0.25, 0.3) is 0 Å². The Balaban J connectivity index is 0.00000576. The van der Waals surface area contributed by atoms with Crippen LogP contribution in [0, 0.1) is 0 Å². The first kappa shape index (κ1) is 24.1. The third-order valence-electron chi connectivity index (χ3n) is 4.15. The Morgan fingerprint density at radius 3 is 2.44 bits per heavy atom. The fourth-order valence-corrected chi connectivity index (χ4v) is 2.47. The molecule has 1 rings (SSSR count). The summed E-state index contributed by atoms with van der Waals surface area (Å²) in [5.41, 5.74) is 1.38. The van der Waals surface area contributed by atoms with Gasteiger partial charge in [-0.1, -0.05) is 44.2 Å². The molecule has 0 aliphatic heterocycles. The number of hydrogen-bond acceptors (Lipinski definition) is 3. The molecular formula is C19H35IN4O. The van der Waals surface area contributed by atoms with Crippen molar-refractivity contribution in [2.24, 2.45) is 4.99 Å². The zero-order valence-corrected chi connectivity index (χ0v) is 18.7. The number of hydrogen-bond donors (Lipinski definition) is 2. The van der Waals surface area contributed by atoms with Crippen LogP contribution >= 0.6 is 24.0 Å². The van der Waals surface area contributed by atoms with Crippen molar-refractivity contribution in [3.05, 3.63) is 35.9 Å². The van der Waals surface area contributed by atoms with Gasteiger partial charge in [-0.3, -0.25) is 4.99 Å². The molecule has 0 atom stereocenters. The number of methoxy groups -OCH3 is 1. The first-order valence-electron chi connectivity index (χ1n) is 8.67. The standard InChI is InChI=1S/C19H34N4O.HI/c1-19(2,17-10-7-6-8-11-17)16-22-18(20-3)21-12-14-23(4)13-9-15-24-5;/h6-8,10-11H,9,12-16H2,1-5H3,(H2,20,21,22);1H. The van der Waals surface area contributed by atoms with Gasteiger partial charge in [0, 0.05) is 52.4 Å². The monoisotopic (exact) mass is 462 g/mol. The zero-order valence-electron chi connectivity index (χ0n) is 16.3. The van der Waals surface area contributed by atoms with Gasteiger partial charge in [-0.25, -0.2) is 0 Å². The Morgan fingerprint density at radius 2 is 1.84 bits per heavy atom. The molecule has 25 heavy (non-hydrogen) atoms. The van der Waals surface area contributed by atoms with Crippen molar-refractivity contribution in [3.63, 3.8) is 0 Å². The van der Waals surface area contributed by atoms with E-state index in [4.69, 9.17) is 4.74 Å². The molecule has 0 unspecified atom stereocenters. The van der Waals surface area contributed by atoms with Crippen molar-refractivity contribution in [3.8, 4) is 0 Å². The Labute approximate surface area is 170 Å². The van der Waals surface area contributed by atoms with E-state index < -0.39 is 0 Å². The minimum absolute atomic E-state index is 0. The van der Waals surface area contributed by atoms with Crippen LogP contribution in [0.3, 0.4) is 0 Å². The second kappa shape index (κ2) is 13.4. The molecule has 0 spiro atoms. The largest absolute Gasteiger partial charge is 0.385 e. The molecular weight excluding hydrogens is 427 g/mol. The number of likely N-dealkylation sites (N-methyl/N-ethyl adjacent to an activating group) is 1. The van der Waals surface area contributed by atoms with Crippen LogP contribution in [0.15, 0.2) is 35.3 Å². The van der Waals surface area contributed by atoms with Crippen LogP contribution in [0.5, 0.6) is 0 Å². The van der Waals surface area contributed by atoms with Crippen LogP contribution < -0.4 is 10.6 Å². The second-order valence-corrected chi connectivity index (χ2v) is 6.75. The summed E-state index contributed by atoms with van der Waals surface area (Å²) < 4.78 is 5.08. The molecule has 1 aromatic carbocycles. The van der Waals surface area contributed by atoms with Crippen LogP contribution in [0.2, 0.25) is 0 Å². The SMILES string of the molecule is CN=C(NCCN(C)CCCOC)NCC(C)(C)c1ccccc1.I. The maximum absolute atomic E-state index is 5.08. The van der Waals surface area contributed by atoms with Crippen molar-refractivity contribution >= 4 is 29.9 Å². The molecule has 2 N–H and O–H groups in total. The number of ether oxygens (including phenoxy) is 1. The second-order valence-electron chi connectivity index (χ2n) is 6.75. The van der Waals surface area contributed by atoms with Crippen LogP contribution in [-0.2, 0) is 10.2 Å². The average Bonchev–Trinajstić information content (AvgIpc) is 2.59. The topological polar surface area (TPSA) is 48.9 Å². The fourth-order valence-electron chi connectivity index (χ4n) is 2.47. The van der Waals surface area contributed by atoms with Crippen molar-refractivity contribution in [2.45, 2.75) is 25.7 Å². The van der Waals surface area contributed by atoms with Crippen LogP contribution in [0.1, 0.15) is 25.8 Å². The molecule has 0 saturated carbocycles. The molecule has 0 amide bonds. The van der Waals surface area contributed by atoms with E-state index >= 15 is 0 Å². The normalized spacial score (nSPS) is 12.0. The van der Waals surface area contributed by atoms with Gasteiger partial charge in [-0.2, -0.15) is 0 Å². The Morgan fingerprint density at radius 1 is 1.16 bits per heavy atom. The summed E-state index contributed by atoms with van der Waals surface area (Å²) in [6, 6.07) is 10.6. The molecule has 0 aliphatic carbocycles. The number of nitrogens with zero attached hydrogens (tertiary/aromatic N) is 2. The van der Waals surface area contributed by atoms with Crippen molar-refractivity contribution in [1.82, 2.24) is 15.5 Å². The smallest absolute Gasteiger partial charge is 0.191 e. The van der Waals surface area contributed by atoms with Crippen molar-refractivity contribution in [2.75, 3.05) is 54.0 Å². The van der Waals surface area contributed by atoms with Crippen molar-refractivity contribution in [1.29, 1.82) is 0 Å². The summed E-state index contributed by atoms with van der Waals surface area (Å²) in [4.78, 5) is 6.61. The fraction of sp³-hybridized carbons (Fsp3) is 0.632. The number of benzene rings is 1. The summed E-state index contributed by atoms with van der Waals surface area (Å²) >= 11 is 0. The van der Waals surface area contributed by atoms with Crippen molar-refractivity contribution < 1.29 is 4.74 Å². The van der Waals surface area contributed by atoms with E-state index in [0.29, 0.717) is 0 Å². The molecule has 6 heteroatoms. The highest BCUT2D eigenvalue weighted by Gasteiger charge is 2.20. The summed E-state index contributed by atoms with van der Waals surface area (Å²) in [5, 5.41) is 6.82. The first-order chi connectivity index (χ1) is 11.5. The Bertz CT molecular complexity index is 480. The number of nitrogens with one attached hydrogen (secondary N) is 2. The highest BCUT2D eigenvalue weighted by molar-refractivity contribution is 14.0. The number of rotatable bonds is 10. The van der Waals surface area contributed by atoms with E-state index in [-0.39, 0.29) is 29.4 Å². The minimum atomic E-state index is 0. The van der Waals surface area contributed by atoms with E-state index in [2.05, 4.69) is 71.8 Å². The highest BCUT2D eigenvalue weighted by Crippen LogP contribution is 2.21. The minimum Gasteiger partial charge on any atom is -0.385 e. The van der Waals surface area contributed by atoms with Gasteiger partial charge in [0.1, 0.15) is 0 Å². The molecule has 144 valence electrons. The van der Waals surface area contributed by atoms with E-state index in [1.54, 1.807) is 7.11 Å². The lowest BCUT2D eigenvalue weighted by molar-refractivity contribution is 0.180. The molecule has 0 saturated heterocycles. The predicted octanol–water partition coefficient (Wildman–Crippen LogP) is 2.72. The average molecular weight is 462 g/mol. The molecule has 0 bridgehead atoms. The Kier molecular flexibility index (Phi) is 12.9. The van der Waals surface area contributed by atoms with Gasteiger partial charge in [0.2, 0.25) is 0 Å². The van der Waals surface area contributed by atoms with E-state index in [9.17, 15) is 0 Å². The first-order valence-corrected chi connectivity index (χ1v) is 8.67. The maximum Gasteiger partial charge on any atom is 0.191 e. The van der Waals surface area contributed by atoms with Gasteiger partial charge in [-0.15, -0.1) is 24.0 Å². The van der Waals surface area contributed by atoms with Gasteiger partial charge in [0.05, 0.1) is 0 Å². The lowest BCUT2D eigenvalue weighted by Crippen LogP contribution is -2.45. The summed E-state index contributed by atoms with van der Waals surface area (Å²) in [6.45, 7) is 9.03. The zero-order chi connectivity index (χ0) is 17.8. The third kappa shape index (κ3) is 10.0. The van der Waals surface area contributed by atoms with E-state index in [0.717, 1.165) is 45.2 Å². The lowest BCUT2D eigenvalue weighted by atomic mass is 9.85. The summed E-state index contributed by atoms with van der Waals surface area (Å²) in [5.74, 6) is 0.851. The summed E-state index contributed by atoms with van der Waals surface area (Å²) in [7, 11) is 5.69. The molecule has 0 heterocycles. The van der Waals surface area contributed by atoms with E-state index in [1.165, 1.54) is 5.56 Å². The summed E-state index contributed by atoms with van der Waals surface area (Å²) in [6.07, 6.45) is 1.06. The van der Waals surface area contributed by atoms with Crippen LogP contribution in [-0.4, -0.2) is 64.9 Å². The van der Waals surface area contributed by atoms with E-state index in [1.807, 2.05) is 7.05 Å². The number of aliphatic imine (C=N–C) groups is 1.